The Morgan fingerprint density at radius 1 is 1.62 bits per heavy atom. The van der Waals surface area contributed by atoms with E-state index in [0.29, 0.717) is 18.2 Å². The lowest BCUT2D eigenvalue weighted by Gasteiger charge is -2.38. The number of hydrogen-bond donors (Lipinski definition) is 1. The average Bonchev–Trinajstić information content (AvgIpc) is 2.31. The molecule has 0 aliphatic carbocycles. The predicted molar refractivity (Wildman–Crippen MR) is 62.9 cm³/mol. The molecule has 0 amide bonds. The highest BCUT2D eigenvalue weighted by Crippen LogP contribution is 2.20. The monoisotopic (exact) mass is 242 g/mol. The van der Waals surface area contributed by atoms with Gasteiger partial charge in [-0.3, -0.25) is 0 Å². The molecule has 0 spiro atoms. The third-order valence-electron chi connectivity index (χ3n) is 2.72. The van der Waals surface area contributed by atoms with E-state index < -0.39 is 0 Å². The van der Waals surface area contributed by atoms with Crippen LogP contribution in [-0.2, 0) is 4.74 Å². The Morgan fingerprint density at radius 2 is 2.44 bits per heavy atom. The van der Waals surface area contributed by atoms with Crippen molar-refractivity contribution in [3.63, 3.8) is 0 Å². The van der Waals surface area contributed by atoms with Crippen molar-refractivity contribution in [2.24, 2.45) is 0 Å². The van der Waals surface area contributed by atoms with E-state index in [0.717, 1.165) is 5.82 Å². The zero-order chi connectivity index (χ0) is 11.5. The van der Waals surface area contributed by atoms with Crippen LogP contribution in [0.15, 0.2) is 18.3 Å². The van der Waals surface area contributed by atoms with Crippen LogP contribution < -0.4 is 4.90 Å². The van der Waals surface area contributed by atoms with Crippen LogP contribution in [0.4, 0.5) is 5.82 Å². The molecular formula is C11H15ClN2O2. The summed E-state index contributed by atoms with van der Waals surface area (Å²) in [7, 11) is 0. The molecule has 88 valence electrons. The highest BCUT2D eigenvalue weighted by Gasteiger charge is 2.26. The van der Waals surface area contributed by atoms with Crippen LogP contribution in [0.5, 0.6) is 0 Å². The number of nitrogens with zero attached hydrogens (tertiary/aromatic N) is 2. The lowest BCUT2D eigenvalue weighted by Crippen LogP contribution is -2.49. The van der Waals surface area contributed by atoms with Crippen molar-refractivity contribution in [2.45, 2.75) is 19.1 Å². The van der Waals surface area contributed by atoms with Crippen LogP contribution in [0.2, 0.25) is 5.02 Å². The third-order valence-corrected chi connectivity index (χ3v) is 2.94. The molecule has 2 rings (SSSR count). The van der Waals surface area contributed by atoms with E-state index in [9.17, 15) is 0 Å². The molecule has 1 aromatic heterocycles. The topological polar surface area (TPSA) is 45.6 Å². The molecule has 0 radical (unpaired) electrons. The second-order valence-corrected chi connectivity index (χ2v) is 4.41. The normalized spacial score (nSPS) is 25.8. The molecule has 5 heteroatoms. The van der Waals surface area contributed by atoms with Crippen molar-refractivity contribution in [3.05, 3.63) is 23.4 Å². The Balaban J connectivity index is 2.14. The maximum Gasteiger partial charge on any atom is 0.128 e. The number of pyridine rings is 1. The van der Waals surface area contributed by atoms with Crippen molar-refractivity contribution < 1.29 is 9.84 Å². The van der Waals surface area contributed by atoms with E-state index in [2.05, 4.69) is 16.8 Å². The van der Waals surface area contributed by atoms with Crippen LogP contribution in [0, 0.1) is 0 Å². The van der Waals surface area contributed by atoms with E-state index in [1.165, 1.54) is 0 Å². The maximum atomic E-state index is 9.09. The summed E-state index contributed by atoms with van der Waals surface area (Å²) >= 11 is 5.80. The summed E-state index contributed by atoms with van der Waals surface area (Å²) in [6, 6.07) is 3.97. The molecule has 1 aliphatic heterocycles. The molecular weight excluding hydrogens is 228 g/mol. The number of anilines is 1. The van der Waals surface area contributed by atoms with Gasteiger partial charge in [-0.1, -0.05) is 11.6 Å². The number of aromatic nitrogens is 1. The van der Waals surface area contributed by atoms with Gasteiger partial charge in [-0.2, -0.15) is 0 Å². The second kappa shape index (κ2) is 4.99. The Kier molecular flexibility index (Phi) is 3.63. The van der Waals surface area contributed by atoms with Crippen LogP contribution in [0.3, 0.4) is 0 Å². The predicted octanol–water partition coefficient (Wildman–Crippen LogP) is 1.32. The highest BCUT2D eigenvalue weighted by molar-refractivity contribution is 6.30. The summed E-state index contributed by atoms with van der Waals surface area (Å²) in [6.45, 7) is 3.38. The van der Waals surface area contributed by atoms with Gasteiger partial charge in [0.2, 0.25) is 0 Å². The number of aliphatic hydroxyl groups excluding tert-OH is 1. The Bertz CT molecular complexity index is 344. The first kappa shape index (κ1) is 11.6. The molecule has 2 unspecified atom stereocenters. The summed E-state index contributed by atoms with van der Waals surface area (Å²) < 4.78 is 5.47. The van der Waals surface area contributed by atoms with Gasteiger partial charge in [0.15, 0.2) is 0 Å². The summed E-state index contributed by atoms with van der Waals surface area (Å²) in [5.41, 5.74) is 0. The Labute approximate surface area is 99.8 Å². The van der Waals surface area contributed by atoms with Gasteiger partial charge in [-0.25, -0.2) is 4.98 Å². The average molecular weight is 243 g/mol. The number of morpholine rings is 1. The van der Waals surface area contributed by atoms with Crippen molar-refractivity contribution in [1.82, 2.24) is 4.98 Å². The third kappa shape index (κ3) is 2.45. The smallest absolute Gasteiger partial charge is 0.128 e. The zero-order valence-electron chi connectivity index (χ0n) is 9.14. The molecule has 1 aliphatic rings. The largest absolute Gasteiger partial charge is 0.394 e. The molecule has 1 fully saturated rings. The van der Waals surface area contributed by atoms with Crippen molar-refractivity contribution in [3.8, 4) is 0 Å². The fraction of sp³-hybridized carbons (Fsp3) is 0.545. The van der Waals surface area contributed by atoms with E-state index in [4.69, 9.17) is 21.4 Å². The lowest BCUT2D eigenvalue weighted by atomic mass is 10.2. The molecule has 2 atom stereocenters. The fourth-order valence-corrected chi connectivity index (χ4v) is 1.90. The number of halogens is 1. The molecule has 1 aromatic rings. The zero-order valence-corrected chi connectivity index (χ0v) is 9.89. The summed E-state index contributed by atoms with van der Waals surface area (Å²) in [6.07, 6.45) is 1.50. The standard InChI is InChI=1S/C11H15ClN2O2/c1-8-7-16-10(6-15)5-14(8)11-3-2-9(12)4-13-11/h2-4,8,10,15H,5-7H2,1H3. The van der Waals surface area contributed by atoms with Crippen molar-refractivity contribution in [1.29, 1.82) is 0 Å². The minimum absolute atomic E-state index is 0.0385. The first-order chi connectivity index (χ1) is 7.70. The van der Waals surface area contributed by atoms with Gasteiger partial charge in [0, 0.05) is 12.7 Å². The second-order valence-electron chi connectivity index (χ2n) is 3.97. The Hall–Kier alpha value is -0.840. The number of hydrogen-bond acceptors (Lipinski definition) is 4. The molecule has 0 saturated carbocycles. The molecule has 1 N–H and O–H groups in total. The van der Waals surface area contributed by atoms with Crippen LogP contribution in [0.1, 0.15) is 6.92 Å². The van der Waals surface area contributed by atoms with Gasteiger partial charge in [0.25, 0.3) is 0 Å². The molecule has 16 heavy (non-hydrogen) atoms. The minimum atomic E-state index is -0.131. The Morgan fingerprint density at radius 3 is 3.06 bits per heavy atom. The van der Waals surface area contributed by atoms with Gasteiger partial charge < -0.3 is 14.7 Å². The van der Waals surface area contributed by atoms with E-state index in [1.807, 2.05) is 12.1 Å². The van der Waals surface area contributed by atoms with Gasteiger partial charge in [-0.15, -0.1) is 0 Å². The number of ether oxygens (including phenoxy) is 1. The molecule has 0 aromatic carbocycles. The van der Waals surface area contributed by atoms with E-state index in [-0.39, 0.29) is 18.8 Å². The van der Waals surface area contributed by atoms with Crippen molar-refractivity contribution >= 4 is 17.4 Å². The summed E-state index contributed by atoms with van der Waals surface area (Å²) in [5, 5.41) is 9.72. The van der Waals surface area contributed by atoms with Crippen LogP contribution in [-0.4, -0.2) is 42.0 Å². The summed E-state index contributed by atoms with van der Waals surface area (Å²) in [5.74, 6) is 0.874. The number of aliphatic hydroxyl groups is 1. The first-order valence-corrected chi connectivity index (χ1v) is 5.69. The van der Waals surface area contributed by atoms with Gasteiger partial charge in [0.1, 0.15) is 5.82 Å². The van der Waals surface area contributed by atoms with E-state index >= 15 is 0 Å². The quantitative estimate of drug-likeness (QED) is 0.850. The van der Waals surface area contributed by atoms with Gasteiger partial charge in [0.05, 0.1) is 30.4 Å². The maximum absolute atomic E-state index is 9.09. The number of rotatable bonds is 2. The lowest BCUT2D eigenvalue weighted by molar-refractivity contribution is -0.0105. The fourth-order valence-electron chi connectivity index (χ4n) is 1.79. The molecule has 0 bridgehead atoms. The van der Waals surface area contributed by atoms with Gasteiger partial charge in [-0.05, 0) is 19.1 Å². The minimum Gasteiger partial charge on any atom is -0.394 e. The SMILES string of the molecule is CC1COC(CO)CN1c1ccc(Cl)cn1. The van der Waals surface area contributed by atoms with Crippen molar-refractivity contribution in [2.75, 3.05) is 24.7 Å². The first-order valence-electron chi connectivity index (χ1n) is 5.31. The summed E-state index contributed by atoms with van der Waals surface area (Å²) in [4.78, 5) is 6.40. The molecule has 1 saturated heterocycles. The van der Waals surface area contributed by atoms with E-state index in [1.54, 1.807) is 6.20 Å². The highest BCUT2D eigenvalue weighted by atomic mass is 35.5. The molecule has 4 nitrogen and oxygen atoms in total. The van der Waals surface area contributed by atoms with Crippen LogP contribution >= 0.6 is 11.6 Å². The molecule has 2 heterocycles. The van der Waals surface area contributed by atoms with Crippen LogP contribution in [0.25, 0.3) is 0 Å². The van der Waals surface area contributed by atoms with Gasteiger partial charge >= 0.3 is 0 Å².